The maximum atomic E-state index is 13.1. The first-order chi connectivity index (χ1) is 15.8. The smallest absolute Gasteiger partial charge is 0.407 e. The van der Waals surface area contributed by atoms with E-state index in [0.717, 1.165) is 10.9 Å². The molecule has 0 aliphatic carbocycles. The van der Waals surface area contributed by atoms with Crippen molar-refractivity contribution in [2.75, 3.05) is 26.2 Å². The Bertz CT molecular complexity index is 1330. The van der Waals surface area contributed by atoms with Crippen LogP contribution < -0.4 is 4.74 Å². The highest BCUT2D eigenvalue weighted by Crippen LogP contribution is 2.44. The normalized spacial score (nSPS) is 17.6. The van der Waals surface area contributed by atoms with Gasteiger partial charge in [-0.25, -0.2) is 4.79 Å². The van der Waals surface area contributed by atoms with E-state index < -0.39 is 6.09 Å². The maximum Gasteiger partial charge on any atom is 0.407 e. The Morgan fingerprint density at radius 2 is 1.97 bits per heavy atom. The summed E-state index contributed by atoms with van der Waals surface area (Å²) in [6, 6.07) is 6.66. The number of aromatic hydroxyl groups is 1. The minimum Gasteiger partial charge on any atom is -0.506 e. The van der Waals surface area contributed by atoms with Gasteiger partial charge in [0, 0.05) is 49.2 Å². The number of fused-ring (bicyclic) bond motifs is 2. The number of nitrogens with zero attached hydrogens (tertiary/aromatic N) is 3. The molecule has 0 radical (unpaired) electrons. The first kappa shape index (κ1) is 21.6. The average Bonchev–Trinajstić information content (AvgIpc) is 3.33. The first-order valence-corrected chi connectivity index (χ1v) is 10.9. The number of phenols is 1. The number of hydrogen-bond acceptors (Lipinski definition) is 6. The van der Waals surface area contributed by atoms with Crippen LogP contribution in [0.2, 0.25) is 10.0 Å². The van der Waals surface area contributed by atoms with E-state index in [1.165, 1.54) is 17.0 Å². The molecular weight excluding hydrogens is 471 g/mol. The number of rotatable bonds is 3. The third kappa shape index (κ3) is 3.88. The number of carbonyl (C=O) groups excluding carboxylic acids is 1. The van der Waals surface area contributed by atoms with Crippen molar-refractivity contribution >= 4 is 52.1 Å². The van der Waals surface area contributed by atoms with Gasteiger partial charge in [0.15, 0.2) is 5.76 Å². The second kappa shape index (κ2) is 8.26. The lowest BCUT2D eigenvalue weighted by Gasteiger charge is -2.33. The quantitative estimate of drug-likeness (QED) is 0.476. The molecule has 33 heavy (non-hydrogen) atoms. The van der Waals surface area contributed by atoms with Crippen LogP contribution in [0.1, 0.15) is 21.6 Å². The summed E-state index contributed by atoms with van der Waals surface area (Å²) < 4.78 is 5.91. The van der Waals surface area contributed by atoms with Gasteiger partial charge in [-0.1, -0.05) is 23.2 Å². The Balaban J connectivity index is 1.46. The predicted octanol–water partition coefficient (Wildman–Crippen LogP) is 3.99. The van der Waals surface area contributed by atoms with Gasteiger partial charge in [0.05, 0.1) is 27.4 Å². The van der Waals surface area contributed by atoms with Gasteiger partial charge in [0.1, 0.15) is 11.5 Å². The van der Waals surface area contributed by atoms with Crippen LogP contribution in [-0.2, 0) is 6.54 Å². The van der Waals surface area contributed by atoms with E-state index >= 15 is 0 Å². The number of nitrogens with one attached hydrogen (secondary N) is 1. The van der Waals surface area contributed by atoms with Gasteiger partial charge < -0.3 is 19.8 Å². The second-order valence-corrected chi connectivity index (χ2v) is 8.69. The van der Waals surface area contributed by atoms with Crippen molar-refractivity contribution in [1.82, 2.24) is 20.0 Å². The second-order valence-electron chi connectivity index (χ2n) is 7.85. The minimum absolute atomic E-state index is 0.0446. The SMILES string of the molecule is O=C1C(=Cc2n[nH]c3ccc(Cl)cc23)Oc2c1cc(Cl)c(O)c2CN1CCN(C(=O)O)CC1. The number of carbonyl (C=O) groups is 2. The average molecular weight is 489 g/mol. The number of Topliss-reactive ketones (excluding diaryl/α,β-unsaturated/α-hetero) is 1. The molecule has 3 aromatic rings. The summed E-state index contributed by atoms with van der Waals surface area (Å²) in [6.07, 6.45) is 0.565. The van der Waals surface area contributed by atoms with Crippen LogP contribution in [-0.4, -0.2) is 68.3 Å². The molecule has 3 N–H and O–H groups in total. The predicted molar refractivity (Wildman–Crippen MR) is 122 cm³/mol. The van der Waals surface area contributed by atoms with Crippen molar-refractivity contribution in [1.29, 1.82) is 0 Å². The molecular formula is C22H18Cl2N4O5. The number of aromatic amines is 1. The van der Waals surface area contributed by atoms with E-state index in [2.05, 4.69) is 10.2 Å². The summed E-state index contributed by atoms with van der Waals surface area (Å²) in [5.74, 6) is -0.243. The van der Waals surface area contributed by atoms with Crippen molar-refractivity contribution in [2.45, 2.75) is 6.54 Å². The number of ketones is 1. The van der Waals surface area contributed by atoms with Crippen LogP contribution in [0.3, 0.4) is 0 Å². The van der Waals surface area contributed by atoms with Crippen molar-refractivity contribution in [3.63, 3.8) is 0 Å². The number of H-pyrrole nitrogens is 1. The van der Waals surface area contributed by atoms with Gasteiger partial charge in [-0.05, 0) is 24.3 Å². The van der Waals surface area contributed by atoms with E-state index in [1.54, 1.807) is 18.2 Å². The number of benzene rings is 2. The number of hydrogen-bond donors (Lipinski definition) is 3. The molecule has 2 aliphatic heterocycles. The number of ether oxygens (including phenoxy) is 1. The number of allylic oxidation sites excluding steroid dienone is 1. The summed E-state index contributed by atoms with van der Waals surface area (Å²) >= 11 is 12.3. The number of carboxylic acid groups (broad SMARTS) is 1. The van der Waals surface area contributed by atoms with Gasteiger partial charge in [-0.2, -0.15) is 5.10 Å². The third-order valence-corrected chi connectivity index (χ3v) is 6.35. The number of halogens is 2. The highest BCUT2D eigenvalue weighted by atomic mass is 35.5. The van der Waals surface area contributed by atoms with Gasteiger partial charge >= 0.3 is 6.09 Å². The van der Waals surface area contributed by atoms with Gasteiger partial charge in [-0.15, -0.1) is 0 Å². The summed E-state index contributed by atoms with van der Waals surface area (Å²) in [6.45, 7) is 1.90. The van der Waals surface area contributed by atoms with Crippen LogP contribution in [0.15, 0.2) is 30.0 Å². The van der Waals surface area contributed by atoms with E-state index in [4.69, 9.17) is 33.0 Å². The molecule has 2 aliphatic rings. The molecule has 0 unspecified atom stereocenters. The molecule has 9 nitrogen and oxygen atoms in total. The lowest BCUT2D eigenvalue weighted by Crippen LogP contribution is -2.47. The van der Waals surface area contributed by atoms with Gasteiger partial charge in [0.2, 0.25) is 5.78 Å². The monoisotopic (exact) mass is 488 g/mol. The Morgan fingerprint density at radius 1 is 1.21 bits per heavy atom. The fourth-order valence-electron chi connectivity index (χ4n) is 4.05. The highest BCUT2D eigenvalue weighted by molar-refractivity contribution is 6.33. The van der Waals surface area contributed by atoms with E-state index in [9.17, 15) is 14.7 Å². The first-order valence-electron chi connectivity index (χ1n) is 10.1. The number of phenolic OH excluding ortho intramolecular Hbond substituents is 1. The third-order valence-electron chi connectivity index (χ3n) is 5.83. The molecule has 2 aromatic carbocycles. The molecule has 0 atom stereocenters. The molecule has 1 amide bonds. The summed E-state index contributed by atoms with van der Waals surface area (Å²) in [4.78, 5) is 27.5. The summed E-state index contributed by atoms with van der Waals surface area (Å²) in [5.41, 5.74) is 1.88. The molecule has 11 heteroatoms. The van der Waals surface area contributed by atoms with Gasteiger partial charge in [-0.3, -0.25) is 14.8 Å². The number of aromatic nitrogens is 2. The molecule has 170 valence electrons. The fraction of sp³-hybridized carbons (Fsp3) is 0.227. The van der Waals surface area contributed by atoms with Crippen LogP contribution >= 0.6 is 23.2 Å². The van der Waals surface area contributed by atoms with Crippen molar-refractivity contribution in [2.24, 2.45) is 0 Å². The van der Waals surface area contributed by atoms with Crippen LogP contribution in [0, 0.1) is 0 Å². The lowest BCUT2D eigenvalue weighted by molar-refractivity contribution is 0.101. The largest absolute Gasteiger partial charge is 0.506 e. The van der Waals surface area contributed by atoms with Crippen molar-refractivity contribution in [3.05, 3.63) is 56.9 Å². The molecule has 3 heterocycles. The number of piperazine rings is 1. The van der Waals surface area contributed by atoms with Crippen LogP contribution in [0.25, 0.3) is 17.0 Å². The standard InChI is InChI=1S/C22H18Cl2N4O5/c23-11-1-2-16-12(7-11)17(26-25-16)9-18-20(30)13-8-15(24)19(29)14(21(13)33-18)10-27-3-5-28(6-4-27)22(31)32/h1-2,7-9,29H,3-6,10H2,(H,25,26)(H,31,32). The Hall–Kier alpha value is -3.27. The van der Waals surface area contributed by atoms with Crippen LogP contribution in [0.4, 0.5) is 4.79 Å². The molecule has 0 spiro atoms. The molecule has 0 saturated carbocycles. The Labute approximate surface area is 197 Å². The maximum absolute atomic E-state index is 13.1. The number of amides is 1. The lowest BCUT2D eigenvalue weighted by atomic mass is 10.0. The topological polar surface area (TPSA) is 119 Å². The zero-order chi connectivity index (χ0) is 23.3. The molecule has 1 saturated heterocycles. The highest BCUT2D eigenvalue weighted by Gasteiger charge is 2.34. The molecule has 0 bridgehead atoms. The summed E-state index contributed by atoms with van der Waals surface area (Å²) in [7, 11) is 0. The molecule has 1 aromatic heterocycles. The molecule has 1 fully saturated rings. The zero-order valence-electron chi connectivity index (χ0n) is 17.1. The van der Waals surface area contributed by atoms with E-state index in [1.807, 2.05) is 4.90 Å². The Kier molecular flexibility index (Phi) is 5.40. The fourth-order valence-corrected chi connectivity index (χ4v) is 4.45. The Morgan fingerprint density at radius 3 is 2.70 bits per heavy atom. The molecule has 5 rings (SSSR count). The van der Waals surface area contributed by atoms with Crippen molar-refractivity contribution in [3.8, 4) is 11.5 Å². The van der Waals surface area contributed by atoms with Crippen LogP contribution in [0.5, 0.6) is 11.5 Å². The summed E-state index contributed by atoms with van der Waals surface area (Å²) in [5, 5.41) is 28.2. The van der Waals surface area contributed by atoms with E-state index in [-0.39, 0.29) is 40.2 Å². The minimum atomic E-state index is -0.961. The zero-order valence-corrected chi connectivity index (χ0v) is 18.7. The van der Waals surface area contributed by atoms with E-state index in [0.29, 0.717) is 42.5 Å². The van der Waals surface area contributed by atoms with Gasteiger partial charge in [0.25, 0.3) is 0 Å². The van der Waals surface area contributed by atoms with Crippen molar-refractivity contribution < 1.29 is 24.5 Å².